The van der Waals surface area contributed by atoms with Gasteiger partial charge >= 0.3 is 0 Å². The number of carbonyl (C=O) groups is 2. The van der Waals surface area contributed by atoms with Crippen molar-refractivity contribution in [2.75, 3.05) is 6.54 Å². The lowest BCUT2D eigenvalue weighted by Crippen LogP contribution is -2.51. The van der Waals surface area contributed by atoms with Crippen molar-refractivity contribution in [3.8, 4) is 0 Å². The summed E-state index contributed by atoms with van der Waals surface area (Å²) in [6, 6.07) is 26.3. The van der Waals surface area contributed by atoms with Crippen molar-refractivity contribution in [3.63, 3.8) is 0 Å². The molecule has 0 aliphatic carbocycles. The van der Waals surface area contributed by atoms with Gasteiger partial charge in [0.25, 0.3) is 0 Å². The zero-order valence-electron chi connectivity index (χ0n) is 19.0. The van der Waals surface area contributed by atoms with Crippen molar-refractivity contribution in [1.82, 2.24) is 10.2 Å². The van der Waals surface area contributed by atoms with Gasteiger partial charge in [-0.1, -0.05) is 104 Å². The first-order valence-corrected chi connectivity index (χ1v) is 11.8. The van der Waals surface area contributed by atoms with Crippen molar-refractivity contribution in [2.24, 2.45) is 0 Å². The minimum Gasteiger partial charge on any atom is -0.354 e. The Kier molecular flexibility index (Phi) is 9.52. The molecule has 172 valence electrons. The topological polar surface area (TPSA) is 49.4 Å². The van der Waals surface area contributed by atoms with E-state index in [2.05, 4.69) is 12.2 Å². The van der Waals surface area contributed by atoms with Crippen molar-refractivity contribution < 1.29 is 9.59 Å². The van der Waals surface area contributed by atoms with E-state index in [0.29, 0.717) is 24.5 Å². The first-order chi connectivity index (χ1) is 16.1. The van der Waals surface area contributed by atoms with Gasteiger partial charge in [-0.15, -0.1) is 0 Å². The third-order valence-corrected chi connectivity index (χ3v) is 5.96. The molecule has 0 radical (unpaired) electrons. The highest BCUT2D eigenvalue weighted by Gasteiger charge is 2.30. The Morgan fingerprint density at radius 1 is 0.879 bits per heavy atom. The van der Waals surface area contributed by atoms with Crippen LogP contribution >= 0.6 is 11.6 Å². The Labute approximate surface area is 201 Å². The maximum Gasteiger partial charge on any atom is 0.243 e. The number of halogens is 1. The molecule has 0 aliphatic heterocycles. The van der Waals surface area contributed by atoms with Crippen molar-refractivity contribution in [1.29, 1.82) is 0 Å². The minimum atomic E-state index is -0.626. The smallest absolute Gasteiger partial charge is 0.243 e. The van der Waals surface area contributed by atoms with Crippen LogP contribution in [0.15, 0.2) is 84.9 Å². The summed E-state index contributed by atoms with van der Waals surface area (Å²) in [6.45, 7) is 3.03. The van der Waals surface area contributed by atoms with E-state index >= 15 is 0 Å². The molecule has 5 heteroatoms. The Hall–Kier alpha value is -3.11. The number of hydrogen-bond acceptors (Lipinski definition) is 2. The predicted molar refractivity (Wildman–Crippen MR) is 134 cm³/mol. The van der Waals surface area contributed by atoms with Gasteiger partial charge in [0, 0.05) is 24.5 Å². The molecule has 0 aromatic heterocycles. The van der Waals surface area contributed by atoms with E-state index < -0.39 is 6.04 Å². The van der Waals surface area contributed by atoms with Gasteiger partial charge in [0.05, 0.1) is 6.42 Å². The molecule has 3 rings (SSSR count). The number of hydrogen-bond donors (Lipinski definition) is 1. The van der Waals surface area contributed by atoms with Crippen LogP contribution in [0.5, 0.6) is 0 Å². The molecule has 0 saturated carbocycles. The van der Waals surface area contributed by atoms with Crippen LogP contribution in [-0.2, 0) is 29.0 Å². The number of amides is 2. The summed E-state index contributed by atoms with van der Waals surface area (Å²) < 4.78 is 0. The van der Waals surface area contributed by atoms with Crippen LogP contribution in [0, 0.1) is 0 Å². The molecule has 0 unspecified atom stereocenters. The molecule has 4 nitrogen and oxygen atoms in total. The molecular weight excluding hydrogens is 432 g/mol. The second kappa shape index (κ2) is 12.8. The second-order valence-electron chi connectivity index (χ2n) is 8.13. The zero-order chi connectivity index (χ0) is 23.5. The molecule has 0 fully saturated rings. The van der Waals surface area contributed by atoms with Crippen LogP contribution in [0.2, 0.25) is 5.02 Å². The van der Waals surface area contributed by atoms with Gasteiger partial charge < -0.3 is 10.2 Å². The number of unbranched alkanes of at least 4 members (excludes halogenated alkanes) is 1. The quantitative estimate of drug-likeness (QED) is 0.386. The third-order valence-electron chi connectivity index (χ3n) is 5.60. The molecule has 1 atom stereocenters. The van der Waals surface area contributed by atoms with Gasteiger partial charge in [0.15, 0.2) is 0 Å². The van der Waals surface area contributed by atoms with Gasteiger partial charge in [0.1, 0.15) is 6.04 Å². The lowest BCUT2D eigenvalue weighted by atomic mass is 10.0. The summed E-state index contributed by atoms with van der Waals surface area (Å²) in [5, 5.41) is 3.59. The van der Waals surface area contributed by atoms with E-state index in [1.807, 2.05) is 78.9 Å². The van der Waals surface area contributed by atoms with Crippen LogP contribution in [0.25, 0.3) is 0 Å². The van der Waals surface area contributed by atoms with E-state index in [4.69, 9.17) is 11.6 Å². The summed E-state index contributed by atoms with van der Waals surface area (Å²) in [6.07, 6.45) is 2.47. The van der Waals surface area contributed by atoms with Crippen LogP contribution in [0.4, 0.5) is 0 Å². The van der Waals surface area contributed by atoms with E-state index in [-0.39, 0.29) is 18.2 Å². The summed E-state index contributed by atoms with van der Waals surface area (Å²) in [4.78, 5) is 28.7. The SMILES string of the molecule is CCCCNC(=O)[C@@H](Cc1ccccc1)N(Cc1ccccc1)C(=O)Cc1ccccc1Cl. The number of nitrogens with zero attached hydrogens (tertiary/aromatic N) is 1. The van der Waals surface area contributed by atoms with Gasteiger partial charge in [0.2, 0.25) is 11.8 Å². The fourth-order valence-corrected chi connectivity index (χ4v) is 3.95. The summed E-state index contributed by atoms with van der Waals surface area (Å²) in [5.74, 6) is -0.255. The minimum absolute atomic E-state index is 0.126. The Bertz CT molecular complexity index is 1020. The highest BCUT2D eigenvalue weighted by molar-refractivity contribution is 6.31. The standard InChI is InChI=1S/C28H31ClN2O2/c1-2-3-18-30-28(33)26(19-22-12-6-4-7-13-22)31(21-23-14-8-5-9-15-23)27(32)20-24-16-10-11-17-25(24)29/h4-17,26H,2-3,18-21H2,1H3,(H,30,33)/t26-/m1/s1. The monoisotopic (exact) mass is 462 g/mol. The fourth-order valence-electron chi connectivity index (χ4n) is 3.75. The molecule has 3 aromatic carbocycles. The average molecular weight is 463 g/mol. The Morgan fingerprint density at radius 3 is 2.12 bits per heavy atom. The van der Waals surface area contributed by atoms with E-state index in [1.165, 1.54) is 0 Å². The van der Waals surface area contributed by atoms with E-state index in [0.717, 1.165) is 29.5 Å². The van der Waals surface area contributed by atoms with Gasteiger partial charge in [-0.2, -0.15) is 0 Å². The summed E-state index contributed by atoms with van der Waals surface area (Å²) >= 11 is 6.34. The average Bonchev–Trinajstić information content (AvgIpc) is 2.84. The third kappa shape index (κ3) is 7.47. The number of benzene rings is 3. The molecule has 0 bridgehead atoms. The van der Waals surface area contributed by atoms with E-state index in [1.54, 1.807) is 11.0 Å². The Morgan fingerprint density at radius 2 is 1.48 bits per heavy atom. The highest BCUT2D eigenvalue weighted by atomic mass is 35.5. The zero-order valence-corrected chi connectivity index (χ0v) is 19.8. The molecular formula is C28H31ClN2O2. The molecule has 3 aromatic rings. The summed E-state index contributed by atoms with van der Waals surface area (Å²) in [7, 11) is 0. The van der Waals surface area contributed by atoms with Crippen LogP contribution in [0.3, 0.4) is 0 Å². The molecule has 0 saturated heterocycles. The molecule has 0 heterocycles. The molecule has 0 aliphatic rings. The number of nitrogens with one attached hydrogen (secondary N) is 1. The van der Waals surface area contributed by atoms with E-state index in [9.17, 15) is 9.59 Å². The molecule has 1 N–H and O–H groups in total. The molecule has 33 heavy (non-hydrogen) atoms. The number of carbonyl (C=O) groups excluding carboxylic acids is 2. The van der Waals surface area contributed by atoms with Crippen molar-refractivity contribution in [2.45, 2.75) is 45.2 Å². The van der Waals surface area contributed by atoms with Gasteiger partial charge in [-0.25, -0.2) is 0 Å². The molecule has 2 amide bonds. The molecule has 0 spiro atoms. The van der Waals surface area contributed by atoms with Crippen LogP contribution in [-0.4, -0.2) is 29.3 Å². The van der Waals surface area contributed by atoms with Crippen LogP contribution < -0.4 is 5.32 Å². The first-order valence-electron chi connectivity index (χ1n) is 11.5. The van der Waals surface area contributed by atoms with Crippen LogP contribution in [0.1, 0.15) is 36.5 Å². The maximum absolute atomic E-state index is 13.6. The van der Waals surface area contributed by atoms with Gasteiger partial charge in [-0.3, -0.25) is 9.59 Å². The van der Waals surface area contributed by atoms with Gasteiger partial charge in [-0.05, 0) is 29.2 Å². The predicted octanol–water partition coefficient (Wildman–Crippen LogP) is 5.44. The lowest BCUT2D eigenvalue weighted by Gasteiger charge is -2.32. The summed E-state index contributed by atoms with van der Waals surface area (Å²) in [5.41, 5.74) is 2.74. The van der Waals surface area contributed by atoms with Crippen molar-refractivity contribution >= 4 is 23.4 Å². The first kappa shape index (κ1) is 24.5. The number of rotatable bonds is 11. The van der Waals surface area contributed by atoms with Crippen molar-refractivity contribution in [3.05, 3.63) is 107 Å². The fraction of sp³-hybridized carbons (Fsp3) is 0.286. The highest BCUT2D eigenvalue weighted by Crippen LogP contribution is 2.20. The normalized spacial score (nSPS) is 11.6. The Balaban J connectivity index is 1.92. The second-order valence-corrected chi connectivity index (χ2v) is 8.53. The largest absolute Gasteiger partial charge is 0.354 e. The maximum atomic E-state index is 13.6. The lowest BCUT2D eigenvalue weighted by molar-refractivity contribution is -0.140.